The Morgan fingerprint density at radius 1 is 1.43 bits per heavy atom. The first-order valence-electron chi connectivity index (χ1n) is 4.65. The number of para-hydroxylation sites is 1. The van der Waals surface area contributed by atoms with Crippen molar-refractivity contribution >= 4 is 0 Å². The van der Waals surface area contributed by atoms with E-state index in [0.717, 1.165) is 0 Å². The molecule has 1 rings (SSSR count). The lowest BCUT2D eigenvalue weighted by molar-refractivity contribution is 0.417. The van der Waals surface area contributed by atoms with E-state index >= 15 is 0 Å². The highest BCUT2D eigenvalue weighted by atomic mass is 19.1. The molecule has 0 aromatic heterocycles. The predicted octanol–water partition coefficient (Wildman–Crippen LogP) is 2.20. The number of benzene rings is 1. The van der Waals surface area contributed by atoms with Gasteiger partial charge in [-0.3, -0.25) is 0 Å². The zero-order valence-corrected chi connectivity index (χ0v) is 8.55. The first kappa shape index (κ1) is 11.0. The van der Waals surface area contributed by atoms with Crippen molar-refractivity contribution in [1.29, 1.82) is 0 Å². The van der Waals surface area contributed by atoms with Gasteiger partial charge in [-0.2, -0.15) is 0 Å². The molecule has 0 saturated heterocycles. The number of halogens is 1. The van der Waals surface area contributed by atoms with Crippen LogP contribution < -0.4 is 5.73 Å². The smallest absolute Gasteiger partial charge is 0.165 e. The molecule has 0 unspecified atom stereocenters. The van der Waals surface area contributed by atoms with E-state index in [1.165, 1.54) is 6.07 Å². The lowest BCUT2D eigenvalue weighted by Crippen LogP contribution is -2.32. The molecule has 3 heteroatoms. The summed E-state index contributed by atoms with van der Waals surface area (Å²) >= 11 is 0. The Kier molecular flexibility index (Phi) is 3.11. The van der Waals surface area contributed by atoms with Crippen LogP contribution in [0.15, 0.2) is 18.2 Å². The maximum atomic E-state index is 12.9. The Morgan fingerprint density at radius 2 is 2.07 bits per heavy atom. The fourth-order valence-corrected chi connectivity index (χ4v) is 1.22. The molecule has 0 aliphatic carbocycles. The maximum absolute atomic E-state index is 12.9. The molecule has 78 valence electrons. The standard InChI is InChI=1S/C11H16FNO/c1-11(2,13)7-6-8-4-3-5-9(12)10(8)14/h3-5,14H,6-7,13H2,1-2H3. The second kappa shape index (κ2) is 3.96. The second-order valence-corrected chi connectivity index (χ2v) is 4.24. The van der Waals surface area contributed by atoms with Crippen molar-refractivity contribution in [1.82, 2.24) is 0 Å². The highest BCUT2D eigenvalue weighted by molar-refractivity contribution is 5.33. The molecule has 3 N–H and O–H groups in total. The summed E-state index contributed by atoms with van der Waals surface area (Å²) in [7, 11) is 0. The van der Waals surface area contributed by atoms with E-state index in [4.69, 9.17) is 5.73 Å². The van der Waals surface area contributed by atoms with Gasteiger partial charge in [0.1, 0.15) is 0 Å². The van der Waals surface area contributed by atoms with Gasteiger partial charge in [0.15, 0.2) is 11.6 Å². The molecule has 1 aromatic rings. The number of phenolic OH excluding ortho intramolecular Hbond substituents is 1. The third kappa shape index (κ3) is 3.00. The minimum Gasteiger partial charge on any atom is -0.505 e. The van der Waals surface area contributed by atoms with Crippen LogP contribution in [0.1, 0.15) is 25.8 Å². The van der Waals surface area contributed by atoms with E-state index in [2.05, 4.69) is 0 Å². The molecule has 0 radical (unpaired) electrons. The van der Waals surface area contributed by atoms with Gasteiger partial charge in [0, 0.05) is 5.54 Å². The second-order valence-electron chi connectivity index (χ2n) is 4.24. The van der Waals surface area contributed by atoms with E-state index < -0.39 is 5.82 Å². The van der Waals surface area contributed by atoms with E-state index in [1.54, 1.807) is 12.1 Å². The Morgan fingerprint density at radius 3 is 2.64 bits per heavy atom. The topological polar surface area (TPSA) is 46.2 Å². The van der Waals surface area contributed by atoms with Crippen LogP contribution in [0.5, 0.6) is 5.75 Å². The Bertz CT molecular complexity index is 318. The molecule has 0 heterocycles. The number of aryl methyl sites for hydroxylation is 1. The lowest BCUT2D eigenvalue weighted by atomic mass is 9.96. The molecule has 0 saturated carbocycles. The van der Waals surface area contributed by atoms with Crippen molar-refractivity contribution < 1.29 is 9.50 Å². The third-order valence-corrected chi connectivity index (χ3v) is 2.11. The first-order valence-corrected chi connectivity index (χ1v) is 4.65. The normalized spacial score (nSPS) is 11.7. The molecular formula is C11H16FNO. The first-order chi connectivity index (χ1) is 6.40. The van der Waals surface area contributed by atoms with Crippen LogP contribution >= 0.6 is 0 Å². The zero-order valence-electron chi connectivity index (χ0n) is 8.55. The summed E-state index contributed by atoms with van der Waals surface area (Å²) in [6.45, 7) is 3.81. The van der Waals surface area contributed by atoms with Crippen molar-refractivity contribution in [3.05, 3.63) is 29.6 Å². The molecule has 0 aliphatic rings. The molecule has 0 atom stereocenters. The van der Waals surface area contributed by atoms with E-state index in [-0.39, 0.29) is 11.3 Å². The largest absolute Gasteiger partial charge is 0.505 e. The van der Waals surface area contributed by atoms with Crippen LogP contribution in [0.2, 0.25) is 0 Å². The van der Waals surface area contributed by atoms with Gasteiger partial charge in [-0.15, -0.1) is 0 Å². The van der Waals surface area contributed by atoms with Gasteiger partial charge in [0.2, 0.25) is 0 Å². The van der Waals surface area contributed by atoms with Crippen molar-refractivity contribution in [2.75, 3.05) is 0 Å². The number of hydrogen-bond donors (Lipinski definition) is 2. The molecule has 0 aliphatic heterocycles. The highest BCUT2D eigenvalue weighted by Crippen LogP contribution is 2.23. The Labute approximate surface area is 83.6 Å². The van der Waals surface area contributed by atoms with Crippen LogP contribution in [-0.2, 0) is 6.42 Å². The number of phenols is 1. The lowest BCUT2D eigenvalue weighted by Gasteiger charge is -2.18. The average Bonchev–Trinajstić information content (AvgIpc) is 2.06. The number of hydrogen-bond acceptors (Lipinski definition) is 2. The third-order valence-electron chi connectivity index (χ3n) is 2.11. The molecule has 14 heavy (non-hydrogen) atoms. The monoisotopic (exact) mass is 197 g/mol. The quantitative estimate of drug-likeness (QED) is 0.780. The van der Waals surface area contributed by atoms with Gasteiger partial charge in [-0.05, 0) is 38.3 Å². The highest BCUT2D eigenvalue weighted by Gasteiger charge is 2.13. The number of nitrogens with two attached hydrogens (primary N) is 1. The molecule has 2 nitrogen and oxygen atoms in total. The number of aromatic hydroxyl groups is 1. The fourth-order valence-electron chi connectivity index (χ4n) is 1.22. The molecule has 0 bridgehead atoms. The van der Waals surface area contributed by atoms with Crippen molar-refractivity contribution in [2.24, 2.45) is 5.73 Å². The summed E-state index contributed by atoms with van der Waals surface area (Å²) < 4.78 is 12.9. The van der Waals surface area contributed by atoms with E-state index in [9.17, 15) is 9.50 Å². The minimum atomic E-state index is -0.572. The molecule has 0 fully saturated rings. The summed E-state index contributed by atoms with van der Waals surface area (Å²) in [5.74, 6) is -0.825. The summed E-state index contributed by atoms with van der Waals surface area (Å²) in [4.78, 5) is 0. The van der Waals surface area contributed by atoms with Crippen LogP contribution in [0.4, 0.5) is 4.39 Å². The van der Waals surface area contributed by atoms with Gasteiger partial charge in [-0.25, -0.2) is 4.39 Å². The SMILES string of the molecule is CC(C)(N)CCc1cccc(F)c1O. The summed E-state index contributed by atoms with van der Waals surface area (Å²) in [5, 5.41) is 9.38. The predicted molar refractivity (Wildman–Crippen MR) is 54.7 cm³/mol. The molecular weight excluding hydrogens is 181 g/mol. The van der Waals surface area contributed by atoms with Crippen LogP contribution in [-0.4, -0.2) is 10.6 Å². The number of rotatable bonds is 3. The summed E-state index contributed by atoms with van der Waals surface area (Å²) in [5.41, 5.74) is 6.12. The Hall–Kier alpha value is -1.09. The minimum absolute atomic E-state index is 0.253. The molecule has 0 amide bonds. The average molecular weight is 197 g/mol. The van der Waals surface area contributed by atoms with Crippen LogP contribution in [0.3, 0.4) is 0 Å². The molecule has 0 spiro atoms. The van der Waals surface area contributed by atoms with Crippen LogP contribution in [0.25, 0.3) is 0 Å². The summed E-state index contributed by atoms with van der Waals surface area (Å²) in [6, 6.07) is 4.55. The maximum Gasteiger partial charge on any atom is 0.165 e. The van der Waals surface area contributed by atoms with E-state index in [0.29, 0.717) is 18.4 Å². The Balaban J connectivity index is 2.73. The van der Waals surface area contributed by atoms with Crippen molar-refractivity contribution in [2.45, 2.75) is 32.2 Å². The van der Waals surface area contributed by atoms with Gasteiger partial charge < -0.3 is 10.8 Å². The van der Waals surface area contributed by atoms with Crippen molar-refractivity contribution in [3.8, 4) is 5.75 Å². The van der Waals surface area contributed by atoms with Crippen LogP contribution in [0, 0.1) is 5.82 Å². The van der Waals surface area contributed by atoms with Gasteiger partial charge in [-0.1, -0.05) is 12.1 Å². The van der Waals surface area contributed by atoms with Gasteiger partial charge >= 0.3 is 0 Å². The van der Waals surface area contributed by atoms with E-state index in [1.807, 2.05) is 13.8 Å². The summed E-state index contributed by atoms with van der Waals surface area (Å²) in [6.07, 6.45) is 1.30. The fraction of sp³-hybridized carbons (Fsp3) is 0.455. The molecule has 1 aromatic carbocycles. The van der Waals surface area contributed by atoms with Gasteiger partial charge in [0.05, 0.1) is 0 Å². The van der Waals surface area contributed by atoms with Gasteiger partial charge in [0.25, 0.3) is 0 Å². The van der Waals surface area contributed by atoms with Crippen molar-refractivity contribution in [3.63, 3.8) is 0 Å². The zero-order chi connectivity index (χ0) is 10.8.